The van der Waals surface area contributed by atoms with E-state index in [-0.39, 0.29) is 17.0 Å². The first-order chi connectivity index (χ1) is 14.3. The predicted octanol–water partition coefficient (Wildman–Crippen LogP) is 4.10. The number of alkyl halides is 3. The second-order valence-corrected chi connectivity index (χ2v) is 6.35. The minimum atomic E-state index is -4.66. The van der Waals surface area contributed by atoms with Gasteiger partial charge in [-0.25, -0.2) is 9.37 Å². The Morgan fingerprint density at radius 3 is 2.57 bits per heavy atom. The number of ether oxygens (including phenoxy) is 1. The lowest BCUT2D eigenvalue weighted by molar-refractivity contribution is -0.140. The van der Waals surface area contributed by atoms with Crippen molar-refractivity contribution in [2.75, 3.05) is 7.11 Å². The van der Waals surface area contributed by atoms with Crippen molar-refractivity contribution in [2.45, 2.75) is 6.18 Å². The van der Waals surface area contributed by atoms with E-state index in [9.17, 15) is 17.6 Å². The molecule has 7 nitrogen and oxygen atoms in total. The van der Waals surface area contributed by atoms with Gasteiger partial charge < -0.3 is 9.30 Å². The van der Waals surface area contributed by atoms with E-state index < -0.39 is 17.7 Å². The maximum Gasteiger partial charge on any atom is 0.437 e. The number of H-pyrrole nitrogens is 1. The van der Waals surface area contributed by atoms with Crippen LogP contribution in [0.5, 0.6) is 5.75 Å². The van der Waals surface area contributed by atoms with Crippen molar-refractivity contribution in [1.82, 2.24) is 29.9 Å². The average molecular weight is 418 g/mol. The number of imidazole rings is 1. The van der Waals surface area contributed by atoms with Crippen molar-refractivity contribution in [3.8, 4) is 39.7 Å². The van der Waals surface area contributed by atoms with Gasteiger partial charge >= 0.3 is 6.18 Å². The quantitative estimate of drug-likeness (QED) is 0.505. The Hall–Kier alpha value is -3.76. The van der Waals surface area contributed by atoms with Crippen molar-refractivity contribution in [2.24, 2.45) is 7.05 Å². The molecule has 154 valence electrons. The highest BCUT2D eigenvalue weighted by molar-refractivity contribution is 5.82. The van der Waals surface area contributed by atoms with E-state index in [1.54, 1.807) is 11.6 Å². The zero-order valence-corrected chi connectivity index (χ0v) is 15.7. The lowest BCUT2D eigenvalue weighted by atomic mass is 10.0. The molecule has 3 heterocycles. The lowest BCUT2D eigenvalue weighted by Gasteiger charge is -2.11. The maximum absolute atomic E-state index is 13.6. The highest BCUT2D eigenvalue weighted by Crippen LogP contribution is 2.38. The molecule has 0 amide bonds. The van der Waals surface area contributed by atoms with E-state index >= 15 is 0 Å². The summed E-state index contributed by atoms with van der Waals surface area (Å²) in [6.45, 7) is 0. The van der Waals surface area contributed by atoms with Gasteiger partial charge in [-0.15, -0.1) is 0 Å². The number of methoxy groups -OCH3 is 1. The van der Waals surface area contributed by atoms with Gasteiger partial charge in [-0.2, -0.15) is 28.6 Å². The van der Waals surface area contributed by atoms with Crippen LogP contribution >= 0.6 is 0 Å². The van der Waals surface area contributed by atoms with Crippen molar-refractivity contribution in [3.05, 3.63) is 54.4 Å². The Kier molecular flexibility index (Phi) is 4.72. The normalized spacial score (nSPS) is 11.7. The van der Waals surface area contributed by atoms with Gasteiger partial charge in [0, 0.05) is 30.4 Å². The molecule has 4 rings (SSSR count). The number of benzene rings is 1. The number of rotatable bonds is 4. The number of hydrogen-bond donors (Lipinski definition) is 1. The monoisotopic (exact) mass is 418 g/mol. The summed E-state index contributed by atoms with van der Waals surface area (Å²) in [4.78, 5) is 8.59. The van der Waals surface area contributed by atoms with Crippen molar-refractivity contribution in [1.29, 1.82) is 0 Å². The molecular weight excluding hydrogens is 404 g/mol. The van der Waals surface area contributed by atoms with Gasteiger partial charge in [0.15, 0.2) is 5.69 Å². The number of aromatic nitrogens is 6. The Morgan fingerprint density at radius 1 is 1.03 bits per heavy atom. The molecule has 1 aromatic carbocycles. The molecule has 4 aromatic rings. The van der Waals surface area contributed by atoms with Gasteiger partial charge in [-0.1, -0.05) is 0 Å². The number of halogens is 4. The third kappa shape index (κ3) is 3.38. The fraction of sp³-hybridized carbons (Fsp3) is 0.158. The molecule has 1 N–H and O–H groups in total. The van der Waals surface area contributed by atoms with E-state index in [0.29, 0.717) is 22.6 Å². The molecule has 0 atom stereocenters. The second-order valence-electron chi connectivity index (χ2n) is 6.35. The third-order valence-corrected chi connectivity index (χ3v) is 4.45. The topological polar surface area (TPSA) is 81.5 Å². The Bertz CT molecular complexity index is 1210. The first kappa shape index (κ1) is 19.6. The molecule has 3 aromatic heterocycles. The Labute approximate surface area is 167 Å². The summed E-state index contributed by atoms with van der Waals surface area (Å²) < 4.78 is 60.2. The summed E-state index contributed by atoms with van der Waals surface area (Å²) in [5, 5.41) is 8.86. The fourth-order valence-electron chi connectivity index (χ4n) is 3.13. The SMILES string of the molecule is COc1cc(F)ccc1-c1c(-c2cc(-c3n[nH]nc3C(F)(F)F)ccn2)ncn1C. The Morgan fingerprint density at radius 2 is 1.83 bits per heavy atom. The third-order valence-electron chi connectivity index (χ3n) is 4.45. The van der Waals surface area contributed by atoms with Crippen molar-refractivity contribution in [3.63, 3.8) is 0 Å². The van der Waals surface area contributed by atoms with E-state index in [1.807, 2.05) is 5.21 Å². The standard InChI is InChI=1S/C19H14F4N6O/c1-29-9-25-16(17(29)12-4-3-11(20)8-14(12)30-2)13-7-10(5-6-24-13)15-18(19(21,22)23)27-28-26-15/h3-9H,1-2H3,(H,26,27,28). The second kappa shape index (κ2) is 7.25. The summed E-state index contributed by atoms with van der Waals surface area (Å²) >= 11 is 0. The van der Waals surface area contributed by atoms with Gasteiger partial charge in [0.25, 0.3) is 0 Å². The summed E-state index contributed by atoms with van der Waals surface area (Å²) in [5.41, 5.74) is 0.519. The van der Waals surface area contributed by atoms with Gasteiger partial charge in [-0.3, -0.25) is 4.98 Å². The molecule has 0 aliphatic rings. The minimum absolute atomic E-state index is 0.170. The lowest BCUT2D eigenvalue weighted by Crippen LogP contribution is -2.07. The molecule has 0 aliphatic heterocycles. The number of hydrogen-bond acceptors (Lipinski definition) is 5. The fourth-order valence-corrected chi connectivity index (χ4v) is 3.13. The summed E-state index contributed by atoms with van der Waals surface area (Å²) in [5.74, 6) is -0.183. The van der Waals surface area contributed by atoms with Crippen LogP contribution in [0, 0.1) is 5.82 Å². The highest BCUT2D eigenvalue weighted by atomic mass is 19.4. The number of nitrogens with one attached hydrogen (secondary N) is 1. The van der Waals surface area contributed by atoms with Gasteiger partial charge in [0.05, 0.1) is 24.8 Å². The van der Waals surface area contributed by atoms with Crippen LogP contribution in [0.25, 0.3) is 33.9 Å². The van der Waals surface area contributed by atoms with Crippen LogP contribution in [0.15, 0.2) is 42.9 Å². The number of aromatic amines is 1. The van der Waals surface area contributed by atoms with Crippen LogP contribution in [0.1, 0.15) is 5.69 Å². The first-order valence-corrected chi connectivity index (χ1v) is 8.59. The molecule has 0 aliphatic carbocycles. The summed E-state index contributed by atoms with van der Waals surface area (Å²) in [6.07, 6.45) is -1.78. The minimum Gasteiger partial charge on any atom is -0.496 e. The molecule has 0 unspecified atom stereocenters. The zero-order chi connectivity index (χ0) is 21.5. The molecule has 11 heteroatoms. The smallest absolute Gasteiger partial charge is 0.437 e. The molecule has 30 heavy (non-hydrogen) atoms. The van der Waals surface area contributed by atoms with Crippen LogP contribution in [0.3, 0.4) is 0 Å². The molecule has 0 saturated heterocycles. The molecule has 0 saturated carbocycles. The largest absolute Gasteiger partial charge is 0.496 e. The molecule has 0 fully saturated rings. The molecular formula is C19H14F4N6O. The van der Waals surface area contributed by atoms with Crippen LogP contribution in [-0.4, -0.2) is 37.1 Å². The van der Waals surface area contributed by atoms with Crippen LogP contribution < -0.4 is 4.74 Å². The average Bonchev–Trinajstić information content (AvgIpc) is 3.35. The van der Waals surface area contributed by atoms with Crippen LogP contribution in [-0.2, 0) is 13.2 Å². The first-order valence-electron chi connectivity index (χ1n) is 8.59. The zero-order valence-electron chi connectivity index (χ0n) is 15.7. The predicted molar refractivity (Wildman–Crippen MR) is 98.8 cm³/mol. The van der Waals surface area contributed by atoms with Gasteiger partial charge in [-0.05, 0) is 24.3 Å². The Balaban J connectivity index is 1.86. The van der Waals surface area contributed by atoms with Crippen molar-refractivity contribution >= 4 is 0 Å². The highest BCUT2D eigenvalue weighted by Gasteiger charge is 2.38. The molecule has 0 radical (unpaired) electrons. The van der Waals surface area contributed by atoms with Crippen LogP contribution in [0.2, 0.25) is 0 Å². The number of nitrogens with zero attached hydrogens (tertiary/aromatic N) is 5. The summed E-state index contributed by atoms with van der Waals surface area (Å²) in [7, 11) is 3.15. The van der Waals surface area contributed by atoms with E-state index in [0.717, 1.165) is 0 Å². The molecule has 0 bridgehead atoms. The van der Waals surface area contributed by atoms with Gasteiger partial charge in [0.2, 0.25) is 0 Å². The molecule has 0 spiro atoms. The van der Waals surface area contributed by atoms with Crippen LogP contribution in [0.4, 0.5) is 17.6 Å². The number of pyridine rings is 1. The van der Waals surface area contributed by atoms with Gasteiger partial charge in [0.1, 0.15) is 23.0 Å². The van der Waals surface area contributed by atoms with E-state index in [4.69, 9.17) is 4.74 Å². The number of aryl methyl sites for hydroxylation is 1. The maximum atomic E-state index is 13.6. The summed E-state index contributed by atoms with van der Waals surface area (Å²) in [6, 6.07) is 6.90. The van der Waals surface area contributed by atoms with Crippen molar-refractivity contribution < 1.29 is 22.3 Å². The van der Waals surface area contributed by atoms with E-state index in [2.05, 4.69) is 20.2 Å². The van der Waals surface area contributed by atoms with E-state index in [1.165, 1.54) is 50.0 Å².